The molecule has 1 N–H and O–H groups in total. The zero-order chi connectivity index (χ0) is 25.5. The number of hydrogen-bond acceptors (Lipinski definition) is 7. The van der Waals surface area contributed by atoms with Gasteiger partial charge < -0.3 is 19.9 Å². The van der Waals surface area contributed by atoms with Crippen molar-refractivity contribution in [2.45, 2.75) is 87.4 Å². The van der Waals surface area contributed by atoms with Gasteiger partial charge in [0.1, 0.15) is 18.6 Å². The van der Waals surface area contributed by atoms with E-state index in [1.807, 2.05) is 0 Å². The number of nitriles is 2. The molecule has 4 saturated carbocycles. The van der Waals surface area contributed by atoms with Gasteiger partial charge in [-0.25, -0.2) is 4.79 Å². The fourth-order valence-electron chi connectivity index (χ4n) is 8.26. The molecule has 4 atom stereocenters. The molecule has 0 aromatic rings. The summed E-state index contributed by atoms with van der Waals surface area (Å²) in [5.74, 6) is 0.580. The first kappa shape index (κ1) is 24.8. The minimum Gasteiger partial charge on any atom is -0.453 e. The lowest BCUT2D eigenvalue weighted by atomic mass is 9.49. The average molecular weight is 497 g/mol. The number of likely N-dealkylation sites (tertiary alicyclic amines) is 2. The normalized spacial score (nSPS) is 36.4. The van der Waals surface area contributed by atoms with E-state index in [0.717, 1.165) is 51.4 Å². The Kier molecular flexibility index (Phi) is 6.59. The maximum Gasteiger partial charge on any atom is 0.410 e. The predicted molar refractivity (Wildman–Crippen MR) is 128 cm³/mol. The zero-order valence-corrected chi connectivity index (χ0v) is 21.1. The van der Waals surface area contributed by atoms with Crippen molar-refractivity contribution in [2.24, 2.45) is 11.8 Å². The molecule has 2 saturated heterocycles. The summed E-state index contributed by atoms with van der Waals surface area (Å²) < 4.78 is 5.18. The second-order valence-corrected chi connectivity index (χ2v) is 11.6. The van der Waals surface area contributed by atoms with E-state index >= 15 is 0 Å². The standard InChI is InChI=1S/C26H36N6O4/c1-36-24(35)32(16-23(34)31-7-3-5-21(31)14-28)26-11-18-8-19(12-26)10-25(9-18,17-26)29-15-22(33)30-6-2-4-20(30)13-27/h18-21,29H,2-12,15-17H2,1H3/t18?,19?,20-,21-,25?,26?/m0/s1. The Morgan fingerprint density at radius 2 is 1.56 bits per heavy atom. The molecule has 6 rings (SSSR count). The van der Waals surface area contributed by atoms with Crippen LogP contribution in [-0.2, 0) is 14.3 Å². The Labute approximate surface area is 212 Å². The van der Waals surface area contributed by atoms with Gasteiger partial charge in [-0.2, -0.15) is 10.5 Å². The number of carbonyl (C=O) groups excluding carboxylic acids is 3. The van der Waals surface area contributed by atoms with E-state index in [1.165, 1.54) is 7.11 Å². The first-order valence-corrected chi connectivity index (χ1v) is 13.3. The zero-order valence-electron chi connectivity index (χ0n) is 21.1. The molecular formula is C26H36N6O4. The second kappa shape index (κ2) is 9.55. The summed E-state index contributed by atoms with van der Waals surface area (Å²) >= 11 is 0. The first-order chi connectivity index (χ1) is 17.3. The highest BCUT2D eigenvalue weighted by Crippen LogP contribution is 2.59. The molecule has 0 aromatic carbocycles. The van der Waals surface area contributed by atoms with Crippen LogP contribution < -0.4 is 5.32 Å². The van der Waals surface area contributed by atoms with Crippen LogP contribution in [0, 0.1) is 34.5 Å². The van der Waals surface area contributed by atoms with Crippen LogP contribution in [0.25, 0.3) is 0 Å². The van der Waals surface area contributed by atoms with E-state index in [-0.39, 0.29) is 36.5 Å². The van der Waals surface area contributed by atoms with Crippen LogP contribution in [0.15, 0.2) is 0 Å². The SMILES string of the molecule is COC(=O)N(CC(=O)N1CCC[C@H]1C#N)C12CC3CC(CC(NCC(=O)N4CCC[C@H]4C#N)(C3)C1)C2. The van der Waals surface area contributed by atoms with Crippen LogP contribution in [0.3, 0.4) is 0 Å². The fourth-order valence-corrected chi connectivity index (χ4v) is 8.26. The third-order valence-corrected chi connectivity index (χ3v) is 9.35. The molecule has 0 aromatic heterocycles. The quantitative estimate of drug-likeness (QED) is 0.593. The summed E-state index contributed by atoms with van der Waals surface area (Å²) in [6, 6.07) is 3.68. The topological polar surface area (TPSA) is 130 Å². The largest absolute Gasteiger partial charge is 0.453 e. The number of methoxy groups -OCH3 is 1. The summed E-state index contributed by atoms with van der Waals surface area (Å²) in [6.45, 7) is 1.26. The van der Waals surface area contributed by atoms with Crippen molar-refractivity contribution in [2.75, 3.05) is 33.3 Å². The van der Waals surface area contributed by atoms with Crippen LogP contribution in [0.4, 0.5) is 4.79 Å². The van der Waals surface area contributed by atoms with Crippen molar-refractivity contribution < 1.29 is 19.1 Å². The molecule has 4 bridgehead atoms. The number of hydrogen-bond donors (Lipinski definition) is 1. The Balaban J connectivity index is 1.34. The molecule has 0 radical (unpaired) electrons. The highest BCUT2D eigenvalue weighted by molar-refractivity contribution is 5.83. The predicted octanol–water partition coefficient (Wildman–Crippen LogP) is 1.76. The van der Waals surface area contributed by atoms with Gasteiger partial charge in [0.25, 0.3) is 0 Å². The number of carbonyl (C=O) groups is 3. The Hall–Kier alpha value is -2.85. The molecule has 10 nitrogen and oxygen atoms in total. The van der Waals surface area contributed by atoms with Gasteiger partial charge in [-0.05, 0) is 76.0 Å². The van der Waals surface area contributed by atoms with E-state index in [1.54, 1.807) is 14.7 Å². The molecule has 6 aliphatic rings. The first-order valence-electron chi connectivity index (χ1n) is 13.3. The summed E-state index contributed by atoms with van der Waals surface area (Å²) in [5.41, 5.74) is -0.784. The summed E-state index contributed by atoms with van der Waals surface area (Å²) in [7, 11) is 1.35. The monoisotopic (exact) mass is 496 g/mol. The van der Waals surface area contributed by atoms with Gasteiger partial charge in [0, 0.05) is 24.2 Å². The number of nitrogens with one attached hydrogen (secondary N) is 1. The lowest BCUT2D eigenvalue weighted by Crippen LogP contribution is -2.71. The average Bonchev–Trinajstić information content (AvgIpc) is 3.54. The number of amides is 3. The van der Waals surface area contributed by atoms with E-state index in [9.17, 15) is 24.9 Å². The smallest absolute Gasteiger partial charge is 0.410 e. The molecule has 36 heavy (non-hydrogen) atoms. The minimum atomic E-state index is -0.506. The summed E-state index contributed by atoms with van der Waals surface area (Å²) in [6.07, 6.45) is 7.87. The van der Waals surface area contributed by atoms with Gasteiger partial charge in [0.05, 0.1) is 25.8 Å². The number of ether oxygens (including phenoxy) is 1. The van der Waals surface area contributed by atoms with Crippen molar-refractivity contribution in [3.63, 3.8) is 0 Å². The lowest BCUT2D eigenvalue weighted by molar-refractivity contribution is -0.141. The van der Waals surface area contributed by atoms with Crippen molar-refractivity contribution in [3.05, 3.63) is 0 Å². The number of nitrogens with zero attached hydrogens (tertiary/aromatic N) is 5. The van der Waals surface area contributed by atoms with Gasteiger partial charge in [-0.15, -0.1) is 0 Å². The van der Waals surface area contributed by atoms with Gasteiger partial charge in [-0.3, -0.25) is 14.5 Å². The van der Waals surface area contributed by atoms with E-state index < -0.39 is 17.7 Å². The van der Waals surface area contributed by atoms with Gasteiger partial charge in [-0.1, -0.05) is 0 Å². The third kappa shape index (κ3) is 4.30. The van der Waals surface area contributed by atoms with Crippen LogP contribution in [0.2, 0.25) is 0 Å². The van der Waals surface area contributed by atoms with E-state index in [4.69, 9.17) is 4.74 Å². The molecular weight excluding hydrogens is 460 g/mol. The van der Waals surface area contributed by atoms with Gasteiger partial charge in [0.2, 0.25) is 11.8 Å². The van der Waals surface area contributed by atoms with Crippen molar-refractivity contribution in [3.8, 4) is 12.1 Å². The molecule has 2 aliphatic heterocycles. The lowest BCUT2D eigenvalue weighted by Gasteiger charge is -2.64. The van der Waals surface area contributed by atoms with Crippen molar-refractivity contribution >= 4 is 17.9 Å². The highest BCUT2D eigenvalue weighted by atomic mass is 16.5. The fraction of sp³-hybridized carbons (Fsp3) is 0.808. The second-order valence-electron chi connectivity index (χ2n) is 11.6. The maximum atomic E-state index is 13.3. The molecule has 3 amide bonds. The van der Waals surface area contributed by atoms with Gasteiger partial charge >= 0.3 is 6.09 Å². The van der Waals surface area contributed by atoms with E-state index in [2.05, 4.69) is 17.5 Å². The Morgan fingerprint density at radius 3 is 2.11 bits per heavy atom. The van der Waals surface area contributed by atoms with Crippen LogP contribution in [-0.4, -0.2) is 89.1 Å². The van der Waals surface area contributed by atoms with E-state index in [0.29, 0.717) is 37.8 Å². The Morgan fingerprint density at radius 1 is 0.972 bits per heavy atom. The van der Waals surface area contributed by atoms with Crippen LogP contribution in [0.1, 0.15) is 64.2 Å². The maximum absolute atomic E-state index is 13.3. The van der Waals surface area contributed by atoms with Crippen LogP contribution in [0.5, 0.6) is 0 Å². The van der Waals surface area contributed by atoms with Crippen molar-refractivity contribution in [1.29, 1.82) is 10.5 Å². The molecule has 2 heterocycles. The minimum absolute atomic E-state index is 0.0413. The van der Waals surface area contributed by atoms with Gasteiger partial charge in [0.15, 0.2) is 0 Å². The molecule has 10 heteroatoms. The Bertz CT molecular complexity index is 987. The number of rotatable bonds is 6. The van der Waals surface area contributed by atoms with Crippen molar-refractivity contribution in [1.82, 2.24) is 20.0 Å². The molecule has 0 spiro atoms. The molecule has 2 unspecified atom stereocenters. The van der Waals surface area contributed by atoms with Crippen LogP contribution >= 0.6 is 0 Å². The molecule has 6 fully saturated rings. The highest BCUT2D eigenvalue weighted by Gasteiger charge is 2.61. The third-order valence-electron chi connectivity index (χ3n) is 9.35. The summed E-state index contributed by atoms with van der Waals surface area (Å²) in [4.78, 5) is 44.3. The molecule has 4 aliphatic carbocycles. The molecule has 194 valence electrons. The summed E-state index contributed by atoms with van der Waals surface area (Å²) in [5, 5.41) is 22.4.